The van der Waals surface area contributed by atoms with Gasteiger partial charge in [0.1, 0.15) is 6.61 Å². The Balaban J connectivity index is 1.78. The van der Waals surface area contributed by atoms with Gasteiger partial charge in [-0.3, -0.25) is 0 Å². The molecule has 3 rings (SSSR count). The van der Waals surface area contributed by atoms with Crippen molar-refractivity contribution in [1.82, 2.24) is 10.3 Å². The first kappa shape index (κ1) is 21.3. The van der Waals surface area contributed by atoms with E-state index in [4.69, 9.17) is 20.9 Å². The highest BCUT2D eigenvalue weighted by Gasteiger charge is 2.13. The predicted octanol–water partition coefficient (Wildman–Crippen LogP) is 3.44. The van der Waals surface area contributed by atoms with Gasteiger partial charge in [-0.1, -0.05) is 29.8 Å². The minimum Gasteiger partial charge on any atom is -0.490 e. The van der Waals surface area contributed by atoms with Gasteiger partial charge in [-0.25, -0.2) is 4.63 Å². The minimum atomic E-state index is -0.00727. The second-order valence-corrected chi connectivity index (χ2v) is 7.12. The molecule has 2 aromatic carbocycles. The summed E-state index contributed by atoms with van der Waals surface area (Å²) >= 11 is 3.54. The van der Waals surface area contributed by atoms with E-state index in [1.165, 1.54) is 11.8 Å². The van der Waals surface area contributed by atoms with Gasteiger partial charge >= 0.3 is 0 Å². The molecule has 0 spiro atoms. The summed E-state index contributed by atoms with van der Waals surface area (Å²) in [7, 11) is 0. The Kier molecular flexibility index (Phi) is 7.02. The number of hydrogen-bond acceptors (Lipinski definition) is 8. The molecule has 0 bridgehead atoms. The molecule has 1 aromatic heterocycles. The largest absolute Gasteiger partial charge is 0.490 e. The van der Waals surface area contributed by atoms with Crippen LogP contribution in [0.25, 0.3) is 0 Å². The standard InChI is InChI=1S/C20H21BrN6O3/c1-3-28-16-9-14(10-24-25-19(22)17-20(23)27-30-26-17)8-15(21)18(16)29-11-13-6-4-12(2)5-7-13/h4-10H,3,11H2,1-2H3,(H2,22,25)(H2,23,27)/b24-10-. The normalized spacial score (nSPS) is 11.8. The summed E-state index contributed by atoms with van der Waals surface area (Å²) in [5, 5.41) is 14.8. The van der Waals surface area contributed by atoms with Crippen molar-refractivity contribution in [3.8, 4) is 11.5 Å². The van der Waals surface area contributed by atoms with Crippen LogP contribution >= 0.6 is 15.9 Å². The third kappa shape index (κ3) is 5.35. The predicted molar refractivity (Wildman–Crippen MR) is 118 cm³/mol. The van der Waals surface area contributed by atoms with Crippen molar-refractivity contribution in [2.45, 2.75) is 20.5 Å². The minimum absolute atomic E-state index is 0.00727. The van der Waals surface area contributed by atoms with Gasteiger partial charge < -0.3 is 20.9 Å². The highest BCUT2D eigenvalue weighted by Crippen LogP contribution is 2.37. The van der Waals surface area contributed by atoms with Gasteiger partial charge in [0, 0.05) is 0 Å². The van der Waals surface area contributed by atoms with Crippen molar-refractivity contribution in [2.75, 3.05) is 12.3 Å². The van der Waals surface area contributed by atoms with Gasteiger partial charge in [-0.2, -0.15) is 5.10 Å². The number of aryl methyl sites for hydroxylation is 1. The van der Waals surface area contributed by atoms with Gasteiger partial charge in [-0.15, -0.1) is 5.10 Å². The van der Waals surface area contributed by atoms with E-state index in [0.29, 0.717) is 24.7 Å². The molecule has 4 N–H and O–H groups in total. The Morgan fingerprint density at radius 1 is 1.20 bits per heavy atom. The number of nitrogens with zero attached hydrogens (tertiary/aromatic N) is 4. The zero-order valence-electron chi connectivity index (χ0n) is 16.5. The van der Waals surface area contributed by atoms with Crippen molar-refractivity contribution < 1.29 is 14.1 Å². The Morgan fingerprint density at radius 3 is 2.63 bits per heavy atom. The summed E-state index contributed by atoms with van der Waals surface area (Å²) in [4.78, 5) is 0. The van der Waals surface area contributed by atoms with E-state index in [0.717, 1.165) is 15.6 Å². The molecule has 0 saturated carbocycles. The molecule has 0 unspecified atom stereocenters. The van der Waals surface area contributed by atoms with Crippen molar-refractivity contribution >= 4 is 33.8 Å². The summed E-state index contributed by atoms with van der Waals surface area (Å²) in [6.45, 7) is 4.85. The molecular weight excluding hydrogens is 452 g/mol. The van der Waals surface area contributed by atoms with Crippen molar-refractivity contribution in [3.05, 3.63) is 63.3 Å². The van der Waals surface area contributed by atoms with E-state index < -0.39 is 0 Å². The molecule has 0 fully saturated rings. The van der Waals surface area contributed by atoms with E-state index in [9.17, 15) is 0 Å². The summed E-state index contributed by atoms with van der Waals surface area (Å²) < 4.78 is 17.0. The van der Waals surface area contributed by atoms with Crippen molar-refractivity contribution in [1.29, 1.82) is 0 Å². The zero-order valence-corrected chi connectivity index (χ0v) is 18.1. The van der Waals surface area contributed by atoms with Crippen molar-refractivity contribution in [3.63, 3.8) is 0 Å². The van der Waals surface area contributed by atoms with Crippen LogP contribution in [-0.4, -0.2) is 29.0 Å². The lowest BCUT2D eigenvalue weighted by atomic mass is 10.2. The van der Waals surface area contributed by atoms with Gasteiger partial charge in [0.25, 0.3) is 0 Å². The summed E-state index contributed by atoms with van der Waals surface area (Å²) in [6, 6.07) is 11.8. The number of anilines is 1. The van der Waals surface area contributed by atoms with Crippen LogP contribution in [0.4, 0.5) is 5.82 Å². The first-order chi connectivity index (χ1) is 14.5. The zero-order chi connectivity index (χ0) is 21.5. The fourth-order valence-corrected chi connectivity index (χ4v) is 3.06. The van der Waals surface area contributed by atoms with E-state index in [-0.39, 0.29) is 17.3 Å². The fraction of sp³-hybridized carbons (Fsp3) is 0.200. The molecule has 0 saturated heterocycles. The van der Waals surface area contributed by atoms with Crippen LogP contribution in [-0.2, 0) is 6.61 Å². The number of benzene rings is 2. The molecule has 30 heavy (non-hydrogen) atoms. The van der Waals surface area contributed by atoms with E-state index in [1.54, 1.807) is 6.07 Å². The van der Waals surface area contributed by atoms with E-state index in [2.05, 4.69) is 41.1 Å². The topological polar surface area (TPSA) is 134 Å². The number of ether oxygens (including phenoxy) is 2. The number of amidine groups is 1. The maximum atomic E-state index is 6.00. The van der Waals surface area contributed by atoms with Crippen LogP contribution in [0, 0.1) is 6.92 Å². The number of rotatable bonds is 8. The summed E-state index contributed by atoms with van der Waals surface area (Å²) in [5.41, 5.74) is 14.5. The molecule has 9 nitrogen and oxygen atoms in total. The van der Waals surface area contributed by atoms with Gasteiger partial charge in [-0.05, 0) is 63.4 Å². The summed E-state index contributed by atoms with van der Waals surface area (Å²) in [6.07, 6.45) is 1.52. The van der Waals surface area contributed by atoms with Crippen LogP contribution in [0.15, 0.2) is 55.7 Å². The molecular formula is C20H21BrN6O3. The molecule has 0 atom stereocenters. The Bertz CT molecular complexity index is 1060. The molecule has 3 aromatic rings. The molecule has 0 aliphatic heterocycles. The fourth-order valence-electron chi connectivity index (χ4n) is 2.48. The number of aromatic nitrogens is 2. The molecule has 0 aliphatic carbocycles. The summed E-state index contributed by atoms with van der Waals surface area (Å²) in [5.74, 6) is 1.23. The van der Waals surface area contributed by atoms with Gasteiger partial charge in [0.05, 0.1) is 17.3 Å². The number of nitrogens with two attached hydrogens (primary N) is 2. The maximum absolute atomic E-state index is 6.00. The van der Waals surface area contributed by atoms with Gasteiger partial charge in [0.2, 0.25) is 0 Å². The third-order valence-electron chi connectivity index (χ3n) is 3.96. The lowest BCUT2D eigenvalue weighted by molar-refractivity contribution is 0.267. The van der Waals surface area contributed by atoms with E-state index in [1.807, 2.05) is 44.2 Å². The molecule has 1 heterocycles. The van der Waals surface area contributed by atoms with Crippen molar-refractivity contribution in [2.24, 2.45) is 15.9 Å². The number of nitrogen functional groups attached to an aromatic ring is 1. The highest BCUT2D eigenvalue weighted by molar-refractivity contribution is 9.10. The Labute approximate surface area is 181 Å². The number of hydrogen-bond donors (Lipinski definition) is 2. The average molecular weight is 473 g/mol. The molecule has 156 valence electrons. The van der Waals surface area contributed by atoms with Crippen LogP contribution < -0.4 is 20.9 Å². The van der Waals surface area contributed by atoms with Gasteiger partial charge in [0.15, 0.2) is 28.8 Å². The SMILES string of the molecule is CCOc1cc(/C=N\N=C(\N)c2nonc2N)cc(Br)c1OCc1ccc(C)cc1. The molecule has 0 amide bonds. The molecule has 0 radical (unpaired) electrons. The second kappa shape index (κ2) is 9.88. The lowest BCUT2D eigenvalue weighted by Crippen LogP contribution is -2.15. The van der Waals surface area contributed by atoms with Crippen LogP contribution in [0.2, 0.25) is 0 Å². The quantitative estimate of drug-likeness (QED) is 0.291. The first-order valence-corrected chi connectivity index (χ1v) is 9.86. The van der Waals surface area contributed by atoms with Crippen LogP contribution in [0.1, 0.15) is 29.3 Å². The Morgan fingerprint density at radius 2 is 1.97 bits per heavy atom. The van der Waals surface area contributed by atoms with E-state index >= 15 is 0 Å². The smallest absolute Gasteiger partial charge is 0.199 e. The highest BCUT2D eigenvalue weighted by atomic mass is 79.9. The lowest BCUT2D eigenvalue weighted by Gasteiger charge is -2.14. The third-order valence-corrected chi connectivity index (χ3v) is 4.55. The molecule has 0 aliphatic rings. The first-order valence-electron chi connectivity index (χ1n) is 9.07. The second-order valence-electron chi connectivity index (χ2n) is 6.27. The Hall–Kier alpha value is -3.40. The van der Waals surface area contributed by atoms with Crippen LogP contribution in [0.3, 0.4) is 0 Å². The maximum Gasteiger partial charge on any atom is 0.199 e. The van der Waals surface area contributed by atoms with Crippen LogP contribution in [0.5, 0.6) is 11.5 Å². The monoisotopic (exact) mass is 472 g/mol. The average Bonchev–Trinajstić information content (AvgIpc) is 3.15. The number of halogens is 1. The molecule has 10 heteroatoms.